The van der Waals surface area contributed by atoms with Crippen LogP contribution >= 0.6 is 11.6 Å². The zero-order valence-electron chi connectivity index (χ0n) is 13.9. The number of rotatable bonds is 6. The number of likely N-dealkylation sites (tertiary alicyclic amines) is 1. The minimum Gasteiger partial charge on any atom is -0.482 e. The molecule has 1 N–H and O–H groups in total. The maximum absolute atomic E-state index is 10.8. The lowest BCUT2D eigenvalue weighted by atomic mass is 10.0. The van der Waals surface area contributed by atoms with Crippen LogP contribution in [0.3, 0.4) is 0 Å². The van der Waals surface area contributed by atoms with E-state index in [1.807, 2.05) is 6.07 Å². The largest absolute Gasteiger partial charge is 0.482 e. The van der Waals surface area contributed by atoms with Gasteiger partial charge < -0.3 is 14.4 Å². The van der Waals surface area contributed by atoms with Crippen molar-refractivity contribution in [3.8, 4) is 5.75 Å². The molecule has 1 fully saturated rings. The van der Waals surface area contributed by atoms with Crippen LogP contribution < -0.4 is 4.74 Å². The molecule has 0 amide bonds. The molecular weight excluding hydrogens is 346 g/mol. The molecule has 3 rings (SSSR count). The summed E-state index contributed by atoms with van der Waals surface area (Å²) in [4.78, 5) is 17.4. The van der Waals surface area contributed by atoms with Gasteiger partial charge in [0.2, 0.25) is 5.89 Å². The summed E-state index contributed by atoms with van der Waals surface area (Å²) in [6, 6.07) is 5.25. The highest BCUT2D eigenvalue weighted by Gasteiger charge is 2.29. The summed E-state index contributed by atoms with van der Waals surface area (Å²) in [7, 11) is 0. The predicted molar refractivity (Wildman–Crippen MR) is 90.6 cm³/mol. The Kier molecular flexibility index (Phi) is 5.55. The molecule has 2 aromatic rings. The van der Waals surface area contributed by atoms with Crippen LogP contribution in [0.4, 0.5) is 0 Å². The lowest BCUT2D eigenvalue weighted by molar-refractivity contribution is -0.139. The summed E-state index contributed by atoms with van der Waals surface area (Å²) in [6.07, 6.45) is 3.11. The van der Waals surface area contributed by atoms with Crippen LogP contribution in [-0.4, -0.2) is 39.3 Å². The topological polar surface area (TPSA) is 88.7 Å². The van der Waals surface area contributed by atoms with Gasteiger partial charge in [0.25, 0.3) is 0 Å². The van der Waals surface area contributed by atoms with Gasteiger partial charge in [-0.1, -0.05) is 23.2 Å². The minimum absolute atomic E-state index is 0.0428. The Morgan fingerprint density at radius 1 is 1.48 bits per heavy atom. The third kappa shape index (κ3) is 4.49. The number of carboxylic acid groups (broad SMARTS) is 1. The molecule has 0 spiro atoms. The van der Waals surface area contributed by atoms with E-state index in [1.165, 1.54) is 0 Å². The highest BCUT2D eigenvalue weighted by Crippen LogP contribution is 2.33. The molecule has 0 aliphatic carbocycles. The number of aromatic nitrogens is 2. The Morgan fingerprint density at radius 3 is 3.04 bits per heavy atom. The number of carboxylic acids is 1. The number of aliphatic carboxylic acids is 1. The number of halogens is 1. The van der Waals surface area contributed by atoms with E-state index >= 15 is 0 Å². The van der Waals surface area contributed by atoms with E-state index in [1.54, 1.807) is 19.1 Å². The minimum atomic E-state index is -1.02. The van der Waals surface area contributed by atoms with Crippen LogP contribution in [0.1, 0.15) is 42.6 Å². The molecule has 1 aromatic heterocycles. The summed E-state index contributed by atoms with van der Waals surface area (Å²) in [6.45, 7) is 2.87. The molecule has 1 aliphatic heterocycles. The number of carbonyl (C=O) groups is 1. The van der Waals surface area contributed by atoms with E-state index in [0.29, 0.717) is 29.0 Å². The summed E-state index contributed by atoms with van der Waals surface area (Å²) in [5, 5.41) is 13.3. The second kappa shape index (κ2) is 7.84. The van der Waals surface area contributed by atoms with Crippen LogP contribution in [0.2, 0.25) is 5.02 Å². The molecule has 1 saturated heterocycles. The summed E-state index contributed by atoms with van der Waals surface area (Å²) in [5.41, 5.74) is 0.844. The molecule has 25 heavy (non-hydrogen) atoms. The van der Waals surface area contributed by atoms with E-state index in [9.17, 15) is 4.79 Å². The van der Waals surface area contributed by atoms with Gasteiger partial charge in [-0.3, -0.25) is 4.90 Å². The van der Waals surface area contributed by atoms with E-state index < -0.39 is 5.97 Å². The molecule has 134 valence electrons. The van der Waals surface area contributed by atoms with E-state index in [-0.39, 0.29) is 12.6 Å². The van der Waals surface area contributed by atoms with Gasteiger partial charge in [0.05, 0.1) is 6.04 Å². The molecular formula is C17H20ClN3O4. The molecule has 8 heteroatoms. The van der Waals surface area contributed by atoms with Gasteiger partial charge in [0.1, 0.15) is 5.75 Å². The standard InChI is InChI=1S/C17H20ClN3O4/c1-11-19-17(25-20-11)14-4-2-3-7-21(14)9-12-8-13(18)5-6-15(12)24-10-16(22)23/h5-6,8,14H,2-4,7,9-10H2,1H3,(H,22,23)/t14-/m0/s1. The van der Waals surface area contributed by atoms with E-state index in [4.69, 9.17) is 26.0 Å². The lowest BCUT2D eigenvalue weighted by Gasteiger charge is -2.33. The second-order valence-electron chi connectivity index (χ2n) is 6.10. The molecule has 7 nitrogen and oxygen atoms in total. The van der Waals surface area contributed by atoms with Crippen molar-refractivity contribution in [1.82, 2.24) is 15.0 Å². The zero-order valence-corrected chi connectivity index (χ0v) is 14.7. The van der Waals surface area contributed by atoms with Crippen molar-refractivity contribution < 1.29 is 19.2 Å². The molecule has 2 heterocycles. The second-order valence-corrected chi connectivity index (χ2v) is 6.53. The Bertz CT molecular complexity index is 749. The highest BCUT2D eigenvalue weighted by atomic mass is 35.5. The van der Waals surface area contributed by atoms with Gasteiger partial charge in [-0.25, -0.2) is 4.79 Å². The number of hydrogen-bond acceptors (Lipinski definition) is 6. The summed E-state index contributed by atoms with van der Waals surface area (Å²) >= 11 is 6.12. The van der Waals surface area contributed by atoms with Crippen molar-refractivity contribution in [3.05, 3.63) is 40.5 Å². The first-order chi connectivity index (χ1) is 12.0. The zero-order chi connectivity index (χ0) is 17.8. The predicted octanol–water partition coefficient (Wildman–Crippen LogP) is 3.22. The SMILES string of the molecule is Cc1noc([C@@H]2CCCCN2Cc2cc(Cl)ccc2OCC(=O)O)n1. The fourth-order valence-corrected chi connectivity index (χ4v) is 3.27. The number of nitrogens with zero attached hydrogens (tertiary/aromatic N) is 3. The maximum Gasteiger partial charge on any atom is 0.341 e. The van der Waals surface area contributed by atoms with Crippen LogP contribution in [0.15, 0.2) is 22.7 Å². The van der Waals surface area contributed by atoms with Gasteiger partial charge in [0, 0.05) is 17.1 Å². The lowest BCUT2D eigenvalue weighted by Crippen LogP contribution is -2.33. The fourth-order valence-electron chi connectivity index (χ4n) is 3.08. The van der Waals surface area contributed by atoms with Gasteiger partial charge in [-0.2, -0.15) is 4.98 Å². The van der Waals surface area contributed by atoms with Gasteiger partial charge in [-0.05, 0) is 44.5 Å². The number of hydrogen-bond donors (Lipinski definition) is 1. The summed E-state index contributed by atoms with van der Waals surface area (Å²) < 4.78 is 10.8. The first-order valence-electron chi connectivity index (χ1n) is 8.20. The van der Waals surface area contributed by atoms with Crippen molar-refractivity contribution >= 4 is 17.6 Å². The van der Waals surface area contributed by atoms with Crippen LogP contribution in [0.25, 0.3) is 0 Å². The van der Waals surface area contributed by atoms with Gasteiger partial charge >= 0.3 is 5.97 Å². The van der Waals surface area contributed by atoms with Crippen LogP contribution in [0.5, 0.6) is 5.75 Å². The number of benzene rings is 1. The number of aryl methyl sites for hydroxylation is 1. The Morgan fingerprint density at radius 2 is 2.32 bits per heavy atom. The highest BCUT2D eigenvalue weighted by molar-refractivity contribution is 6.30. The average Bonchev–Trinajstić information content (AvgIpc) is 3.01. The first-order valence-corrected chi connectivity index (χ1v) is 8.58. The molecule has 0 saturated carbocycles. The van der Waals surface area contributed by atoms with Crippen molar-refractivity contribution in [2.45, 2.75) is 38.8 Å². The normalized spacial score (nSPS) is 18.2. The van der Waals surface area contributed by atoms with Crippen molar-refractivity contribution in [1.29, 1.82) is 0 Å². The Labute approximate surface area is 150 Å². The average molecular weight is 366 g/mol. The molecule has 0 bridgehead atoms. The molecule has 0 radical (unpaired) electrons. The third-order valence-electron chi connectivity index (χ3n) is 4.19. The maximum atomic E-state index is 10.8. The van der Waals surface area contributed by atoms with E-state index in [0.717, 1.165) is 31.4 Å². The summed E-state index contributed by atoms with van der Waals surface area (Å²) in [5.74, 6) is 0.747. The Balaban J connectivity index is 1.81. The molecule has 1 aromatic carbocycles. The quantitative estimate of drug-likeness (QED) is 0.840. The number of piperidine rings is 1. The van der Waals surface area contributed by atoms with Crippen LogP contribution in [0, 0.1) is 6.92 Å². The third-order valence-corrected chi connectivity index (χ3v) is 4.42. The van der Waals surface area contributed by atoms with Crippen molar-refractivity contribution in [3.63, 3.8) is 0 Å². The van der Waals surface area contributed by atoms with Crippen molar-refractivity contribution in [2.24, 2.45) is 0 Å². The van der Waals surface area contributed by atoms with E-state index in [2.05, 4.69) is 15.0 Å². The van der Waals surface area contributed by atoms with Crippen LogP contribution in [-0.2, 0) is 11.3 Å². The Hall–Kier alpha value is -2.12. The smallest absolute Gasteiger partial charge is 0.341 e. The molecule has 1 atom stereocenters. The molecule has 0 unspecified atom stereocenters. The first kappa shape index (κ1) is 17.7. The number of ether oxygens (including phenoxy) is 1. The molecule has 1 aliphatic rings. The van der Waals surface area contributed by atoms with Gasteiger partial charge in [-0.15, -0.1) is 0 Å². The monoisotopic (exact) mass is 365 g/mol. The van der Waals surface area contributed by atoms with Crippen molar-refractivity contribution in [2.75, 3.05) is 13.2 Å². The fraction of sp³-hybridized carbons (Fsp3) is 0.471. The van der Waals surface area contributed by atoms with Gasteiger partial charge in [0.15, 0.2) is 12.4 Å².